The molecule has 0 aromatic heterocycles. The Morgan fingerprint density at radius 3 is 2.81 bits per heavy atom. The largest absolute Gasteiger partial charge is 0.465 e. The highest BCUT2D eigenvalue weighted by Crippen LogP contribution is 2.22. The summed E-state index contributed by atoms with van der Waals surface area (Å²) in [6, 6.07) is 4.69. The zero-order valence-corrected chi connectivity index (χ0v) is 8.57. The molecule has 1 N–H and O–H groups in total. The van der Waals surface area contributed by atoms with Gasteiger partial charge >= 0.3 is 5.97 Å². The molecule has 0 spiro atoms. The summed E-state index contributed by atoms with van der Waals surface area (Å²) in [5.74, 6) is -1.58. The van der Waals surface area contributed by atoms with E-state index in [2.05, 4.69) is 10.1 Å². The molecule has 0 aliphatic carbocycles. The van der Waals surface area contributed by atoms with E-state index in [9.17, 15) is 14.4 Å². The SMILES string of the molecule is COC(=O)c1ccc2c(c1)CC(=O)C(=O)N2. The third-order valence-electron chi connectivity index (χ3n) is 2.38. The lowest BCUT2D eigenvalue weighted by Crippen LogP contribution is -2.29. The quantitative estimate of drug-likeness (QED) is 0.552. The molecule has 1 aliphatic rings. The van der Waals surface area contributed by atoms with Crippen molar-refractivity contribution >= 4 is 23.3 Å². The highest BCUT2D eigenvalue weighted by Gasteiger charge is 2.23. The molecule has 1 aromatic carbocycles. The number of carbonyl (C=O) groups excluding carboxylic acids is 3. The van der Waals surface area contributed by atoms with Crippen LogP contribution in [0.2, 0.25) is 0 Å². The lowest BCUT2D eigenvalue weighted by molar-refractivity contribution is -0.134. The van der Waals surface area contributed by atoms with E-state index in [1.54, 1.807) is 18.2 Å². The number of amides is 1. The summed E-state index contributed by atoms with van der Waals surface area (Å²) in [6.07, 6.45) is 0.0198. The fourth-order valence-corrected chi connectivity index (χ4v) is 1.55. The maximum atomic E-state index is 11.3. The average Bonchev–Trinajstić information content (AvgIpc) is 2.29. The van der Waals surface area contributed by atoms with E-state index in [4.69, 9.17) is 0 Å². The van der Waals surface area contributed by atoms with E-state index in [0.717, 1.165) is 0 Å². The first-order chi connectivity index (χ1) is 7.61. The van der Waals surface area contributed by atoms with Crippen molar-refractivity contribution in [2.75, 3.05) is 12.4 Å². The van der Waals surface area contributed by atoms with Gasteiger partial charge in [0, 0.05) is 12.1 Å². The van der Waals surface area contributed by atoms with Crippen LogP contribution in [0.3, 0.4) is 0 Å². The third kappa shape index (κ3) is 1.67. The maximum absolute atomic E-state index is 11.3. The van der Waals surface area contributed by atoms with Crippen LogP contribution in [-0.4, -0.2) is 24.8 Å². The monoisotopic (exact) mass is 219 g/mol. The van der Waals surface area contributed by atoms with Crippen LogP contribution in [0.1, 0.15) is 15.9 Å². The van der Waals surface area contributed by atoms with Crippen molar-refractivity contribution in [2.24, 2.45) is 0 Å². The van der Waals surface area contributed by atoms with Gasteiger partial charge in [0.05, 0.1) is 12.7 Å². The van der Waals surface area contributed by atoms with Crippen molar-refractivity contribution in [1.82, 2.24) is 0 Å². The van der Waals surface area contributed by atoms with Gasteiger partial charge < -0.3 is 10.1 Å². The van der Waals surface area contributed by atoms with Crippen molar-refractivity contribution in [2.45, 2.75) is 6.42 Å². The van der Waals surface area contributed by atoms with Crippen LogP contribution in [0.15, 0.2) is 18.2 Å². The Morgan fingerprint density at radius 1 is 1.38 bits per heavy atom. The van der Waals surface area contributed by atoms with E-state index >= 15 is 0 Å². The Balaban J connectivity index is 2.40. The molecule has 0 saturated heterocycles. The van der Waals surface area contributed by atoms with Gasteiger partial charge in [-0.15, -0.1) is 0 Å². The molecule has 0 saturated carbocycles. The van der Waals surface area contributed by atoms with Crippen molar-refractivity contribution in [3.63, 3.8) is 0 Å². The third-order valence-corrected chi connectivity index (χ3v) is 2.38. The molecule has 0 atom stereocenters. The van der Waals surface area contributed by atoms with Crippen LogP contribution in [0.25, 0.3) is 0 Å². The Morgan fingerprint density at radius 2 is 2.12 bits per heavy atom. The van der Waals surface area contributed by atoms with Crippen LogP contribution >= 0.6 is 0 Å². The zero-order valence-electron chi connectivity index (χ0n) is 8.57. The normalized spacial score (nSPS) is 14.1. The van der Waals surface area contributed by atoms with Crippen LogP contribution in [-0.2, 0) is 20.7 Å². The van der Waals surface area contributed by atoms with Crippen molar-refractivity contribution in [1.29, 1.82) is 0 Å². The lowest BCUT2D eigenvalue weighted by Gasteiger charge is -2.16. The molecule has 1 amide bonds. The molecule has 82 valence electrons. The molecular formula is C11H9NO4. The number of ketones is 1. The Bertz CT molecular complexity index is 493. The highest BCUT2D eigenvalue weighted by atomic mass is 16.5. The molecule has 5 nitrogen and oxygen atoms in total. The number of esters is 1. The number of hydrogen-bond acceptors (Lipinski definition) is 4. The summed E-state index contributed by atoms with van der Waals surface area (Å²) in [4.78, 5) is 33.5. The number of rotatable bonds is 1. The molecule has 16 heavy (non-hydrogen) atoms. The van der Waals surface area contributed by atoms with Crippen molar-refractivity contribution in [3.8, 4) is 0 Å². The summed E-state index contributed by atoms with van der Waals surface area (Å²) in [5.41, 5.74) is 1.56. The van der Waals surface area contributed by atoms with Crippen molar-refractivity contribution in [3.05, 3.63) is 29.3 Å². The first-order valence-electron chi connectivity index (χ1n) is 4.67. The molecular weight excluding hydrogens is 210 g/mol. The standard InChI is InChI=1S/C11H9NO4/c1-16-11(15)6-2-3-8-7(4-6)5-9(13)10(14)12-8/h2-4H,5H2,1H3,(H,12,14). The molecule has 0 fully saturated rings. The summed E-state index contributed by atoms with van der Waals surface area (Å²) in [6.45, 7) is 0. The van der Waals surface area contributed by atoms with Gasteiger partial charge in [-0.2, -0.15) is 0 Å². The first kappa shape index (κ1) is 10.4. The smallest absolute Gasteiger partial charge is 0.337 e. The number of nitrogens with one attached hydrogen (secondary N) is 1. The molecule has 0 bridgehead atoms. The molecule has 2 rings (SSSR count). The number of Topliss-reactive ketones (excluding diaryl/α,β-unsaturated/α-hetero) is 1. The predicted octanol–water partition coefficient (Wildman–Crippen LogP) is 0.537. The van der Waals surface area contributed by atoms with Gasteiger partial charge in [-0.1, -0.05) is 0 Å². The summed E-state index contributed by atoms with van der Waals surface area (Å²) < 4.78 is 4.56. The molecule has 0 unspecified atom stereocenters. The van der Waals surface area contributed by atoms with Gasteiger partial charge in [-0.05, 0) is 23.8 Å². The Labute approximate surface area is 91.4 Å². The lowest BCUT2D eigenvalue weighted by atomic mass is 10.00. The van der Waals surface area contributed by atoms with E-state index in [0.29, 0.717) is 16.8 Å². The van der Waals surface area contributed by atoms with E-state index in [1.165, 1.54) is 7.11 Å². The van der Waals surface area contributed by atoms with E-state index in [1.807, 2.05) is 0 Å². The molecule has 5 heteroatoms. The van der Waals surface area contributed by atoms with Gasteiger partial charge in [-0.25, -0.2) is 4.79 Å². The summed E-state index contributed by atoms with van der Waals surface area (Å²) in [5, 5.41) is 2.45. The van der Waals surface area contributed by atoms with Gasteiger partial charge in [0.1, 0.15) is 0 Å². The van der Waals surface area contributed by atoms with Gasteiger partial charge in [0.2, 0.25) is 5.78 Å². The second-order valence-corrected chi connectivity index (χ2v) is 3.42. The fourth-order valence-electron chi connectivity index (χ4n) is 1.55. The van der Waals surface area contributed by atoms with E-state index in [-0.39, 0.29) is 6.42 Å². The number of ether oxygens (including phenoxy) is 1. The second-order valence-electron chi connectivity index (χ2n) is 3.42. The van der Waals surface area contributed by atoms with E-state index < -0.39 is 17.7 Å². The number of anilines is 1. The summed E-state index contributed by atoms with van der Waals surface area (Å²) >= 11 is 0. The molecule has 1 aromatic rings. The predicted molar refractivity (Wildman–Crippen MR) is 55.1 cm³/mol. The minimum Gasteiger partial charge on any atom is -0.465 e. The van der Waals surface area contributed by atoms with Crippen LogP contribution in [0.5, 0.6) is 0 Å². The van der Waals surface area contributed by atoms with Gasteiger partial charge in [0.15, 0.2) is 0 Å². The number of benzene rings is 1. The minimum atomic E-state index is -0.613. The Kier molecular flexibility index (Phi) is 2.44. The van der Waals surface area contributed by atoms with Gasteiger partial charge in [0.25, 0.3) is 5.91 Å². The number of hydrogen-bond donors (Lipinski definition) is 1. The van der Waals surface area contributed by atoms with Crippen molar-refractivity contribution < 1.29 is 19.1 Å². The van der Waals surface area contributed by atoms with Crippen LogP contribution < -0.4 is 5.32 Å². The topological polar surface area (TPSA) is 72.5 Å². The number of carbonyl (C=O) groups is 3. The van der Waals surface area contributed by atoms with Gasteiger partial charge in [-0.3, -0.25) is 9.59 Å². The molecule has 0 radical (unpaired) electrons. The zero-order chi connectivity index (χ0) is 11.7. The van der Waals surface area contributed by atoms with Crippen LogP contribution in [0, 0.1) is 0 Å². The molecule has 1 heterocycles. The maximum Gasteiger partial charge on any atom is 0.337 e. The number of fused-ring (bicyclic) bond motifs is 1. The average molecular weight is 219 g/mol. The summed E-state index contributed by atoms with van der Waals surface area (Å²) in [7, 11) is 1.29. The first-order valence-corrected chi connectivity index (χ1v) is 4.67. The minimum absolute atomic E-state index is 0.0198. The Hall–Kier alpha value is -2.17. The van der Waals surface area contributed by atoms with Crippen LogP contribution in [0.4, 0.5) is 5.69 Å². The fraction of sp³-hybridized carbons (Fsp3) is 0.182. The second kappa shape index (κ2) is 3.77. The highest BCUT2D eigenvalue weighted by molar-refractivity contribution is 6.42. The molecule has 1 aliphatic heterocycles. The number of methoxy groups -OCH3 is 1.